The number of rotatable bonds is 5. The van der Waals surface area contributed by atoms with Crippen molar-refractivity contribution in [2.75, 3.05) is 31.8 Å². The lowest BCUT2D eigenvalue weighted by Gasteiger charge is -2.18. The predicted molar refractivity (Wildman–Crippen MR) is 73.7 cm³/mol. The van der Waals surface area contributed by atoms with Gasteiger partial charge in [0.05, 0.1) is 18.0 Å². The van der Waals surface area contributed by atoms with Gasteiger partial charge in [-0.05, 0) is 24.6 Å². The first-order valence-corrected chi connectivity index (χ1v) is 5.98. The van der Waals surface area contributed by atoms with Crippen molar-refractivity contribution in [3.05, 3.63) is 23.8 Å². The number of amides is 1. The second-order valence-electron chi connectivity index (χ2n) is 4.43. The van der Waals surface area contributed by atoms with Crippen molar-refractivity contribution in [1.29, 1.82) is 0 Å². The van der Waals surface area contributed by atoms with Crippen LogP contribution < -0.4 is 11.1 Å². The molecule has 0 spiro atoms. The molecule has 5 heteroatoms. The van der Waals surface area contributed by atoms with Crippen LogP contribution in [0.4, 0.5) is 11.4 Å². The average molecular weight is 251 g/mol. The van der Waals surface area contributed by atoms with Crippen LogP contribution in [-0.4, -0.2) is 42.7 Å². The Hall–Kier alpha value is -1.75. The van der Waals surface area contributed by atoms with Crippen LogP contribution in [-0.2, 0) is 0 Å². The van der Waals surface area contributed by atoms with Gasteiger partial charge in [0.25, 0.3) is 5.91 Å². The lowest BCUT2D eigenvalue weighted by molar-refractivity contribution is 0.0827. The topological polar surface area (TPSA) is 78.6 Å². The van der Waals surface area contributed by atoms with Crippen LogP contribution in [0.2, 0.25) is 0 Å². The number of nitrogens with zero attached hydrogens (tertiary/aromatic N) is 1. The number of benzene rings is 1. The molecule has 0 radical (unpaired) electrons. The van der Waals surface area contributed by atoms with Gasteiger partial charge >= 0.3 is 0 Å². The van der Waals surface area contributed by atoms with Crippen LogP contribution in [0.25, 0.3) is 0 Å². The summed E-state index contributed by atoms with van der Waals surface area (Å²) in [7, 11) is 3.40. The molecule has 0 aliphatic rings. The van der Waals surface area contributed by atoms with E-state index in [0.717, 1.165) is 12.1 Å². The number of hydrogen-bond donors (Lipinski definition) is 3. The normalized spacial score (nSPS) is 12.0. The van der Waals surface area contributed by atoms with Crippen LogP contribution in [0.1, 0.15) is 23.7 Å². The van der Waals surface area contributed by atoms with Crippen LogP contribution in [0, 0.1) is 0 Å². The van der Waals surface area contributed by atoms with Crippen LogP contribution >= 0.6 is 0 Å². The smallest absolute Gasteiger partial charge is 0.253 e. The lowest BCUT2D eigenvalue weighted by Crippen LogP contribution is -2.24. The quantitative estimate of drug-likeness (QED) is 0.686. The molecule has 1 amide bonds. The van der Waals surface area contributed by atoms with Crippen molar-refractivity contribution in [2.45, 2.75) is 19.4 Å². The Kier molecular flexibility index (Phi) is 4.97. The summed E-state index contributed by atoms with van der Waals surface area (Å²) in [5, 5.41) is 12.3. The summed E-state index contributed by atoms with van der Waals surface area (Å²) in [5.74, 6) is -0.0811. The summed E-state index contributed by atoms with van der Waals surface area (Å²) in [6.07, 6.45) is 0.800. The molecular formula is C13H21N3O2. The fourth-order valence-corrected chi connectivity index (χ4v) is 1.58. The Morgan fingerprint density at radius 1 is 1.50 bits per heavy atom. The highest BCUT2D eigenvalue weighted by atomic mass is 16.3. The molecule has 100 valence electrons. The third-order valence-electron chi connectivity index (χ3n) is 2.78. The van der Waals surface area contributed by atoms with Crippen LogP contribution in [0.15, 0.2) is 18.2 Å². The van der Waals surface area contributed by atoms with Gasteiger partial charge < -0.3 is 21.1 Å². The number of aliphatic hydroxyl groups excluding tert-OH is 1. The van der Waals surface area contributed by atoms with Crippen molar-refractivity contribution in [3.8, 4) is 0 Å². The highest BCUT2D eigenvalue weighted by molar-refractivity contribution is 5.95. The largest absolute Gasteiger partial charge is 0.397 e. The van der Waals surface area contributed by atoms with E-state index in [1.807, 2.05) is 6.92 Å². The first-order valence-electron chi connectivity index (χ1n) is 5.98. The van der Waals surface area contributed by atoms with E-state index in [4.69, 9.17) is 10.8 Å². The second kappa shape index (κ2) is 6.26. The maximum absolute atomic E-state index is 11.8. The van der Waals surface area contributed by atoms with Gasteiger partial charge in [0, 0.05) is 25.7 Å². The lowest BCUT2D eigenvalue weighted by atomic mass is 10.1. The van der Waals surface area contributed by atoms with Crippen molar-refractivity contribution >= 4 is 17.3 Å². The van der Waals surface area contributed by atoms with Gasteiger partial charge in [-0.1, -0.05) is 6.92 Å². The summed E-state index contributed by atoms with van der Waals surface area (Å²) in [5.41, 5.74) is 7.71. The van der Waals surface area contributed by atoms with E-state index >= 15 is 0 Å². The zero-order valence-corrected chi connectivity index (χ0v) is 11.1. The van der Waals surface area contributed by atoms with E-state index in [1.165, 1.54) is 4.90 Å². The monoisotopic (exact) mass is 251 g/mol. The Labute approximate surface area is 108 Å². The summed E-state index contributed by atoms with van der Waals surface area (Å²) in [6.45, 7) is 2.03. The molecule has 0 bridgehead atoms. The van der Waals surface area contributed by atoms with Gasteiger partial charge in [0.2, 0.25) is 0 Å². The van der Waals surface area contributed by atoms with Gasteiger partial charge in [-0.2, -0.15) is 0 Å². The SMILES string of the molecule is CCC(CO)Nc1ccc(C(=O)N(C)C)cc1N. The van der Waals surface area contributed by atoms with E-state index < -0.39 is 0 Å². The van der Waals surface area contributed by atoms with Crippen LogP contribution in [0.3, 0.4) is 0 Å². The van der Waals surface area contributed by atoms with Gasteiger partial charge in [-0.15, -0.1) is 0 Å². The molecule has 0 heterocycles. The molecule has 1 rings (SSSR count). The van der Waals surface area contributed by atoms with Crippen molar-refractivity contribution < 1.29 is 9.90 Å². The van der Waals surface area contributed by atoms with Crippen molar-refractivity contribution in [2.24, 2.45) is 0 Å². The third kappa shape index (κ3) is 3.37. The maximum Gasteiger partial charge on any atom is 0.253 e. The number of nitrogens with one attached hydrogen (secondary N) is 1. The third-order valence-corrected chi connectivity index (χ3v) is 2.78. The molecule has 0 fully saturated rings. The number of anilines is 2. The van der Waals surface area contributed by atoms with Gasteiger partial charge in [-0.3, -0.25) is 4.79 Å². The molecule has 1 atom stereocenters. The molecule has 18 heavy (non-hydrogen) atoms. The Morgan fingerprint density at radius 2 is 2.17 bits per heavy atom. The summed E-state index contributed by atoms with van der Waals surface area (Å²) < 4.78 is 0. The highest BCUT2D eigenvalue weighted by Gasteiger charge is 2.11. The minimum absolute atomic E-state index is 0.0253. The van der Waals surface area contributed by atoms with E-state index in [2.05, 4.69) is 5.32 Å². The minimum Gasteiger partial charge on any atom is -0.397 e. The number of carbonyl (C=O) groups excluding carboxylic acids is 1. The number of aliphatic hydroxyl groups is 1. The molecule has 0 aliphatic carbocycles. The number of nitrogen functional groups attached to an aromatic ring is 1. The van der Waals surface area contributed by atoms with Gasteiger partial charge in [-0.25, -0.2) is 0 Å². The Bertz CT molecular complexity index is 415. The van der Waals surface area contributed by atoms with Gasteiger partial charge in [0.15, 0.2) is 0 Å². The molecule has 0 saturated carbocycles. The zero-order chi connectivity index (χ0) is 13.7. The molecular weight excluding hydrogens is 230 g/mol. The van der Waals surface area contributed by atoms with E-state index in [9.17, 15) is 4.79 Å². The number of nitrogens with two attached hydrogens (primary N) is 1. The fraction of sp³-hybridized carbons (Fsp3) is 0.462. The zero-order valence-electron chi connectivity index (χ0n) is 11.1. The molecule has 0 aromatic heterocycles. The van der Waals surface area contributed by atoms with E-state index in [1.54, 1.807) is 32.3 Å². The van der Waals surface area contributed by atoms with E-state index in [-0.39, 0.29) is 18.6 Å². The first kappa shape index (κ1) is 14.3. The molecule has 0 saturated heterocycles. The molecule has 5 nitrogen and oxygen atoms in total. The summed E-state index contributed by atoms with van der Waals surface area (Å²) in [4.78, 5) is 13.3. The second-order valence-corrected chi connectivity index (χ2v) is 4.43. The Balaban J connectivity index is 2.89. The first-order chi connectivity index (χ1) is 8.49. The molecule has 1 aromatic rings. The Morgan fingerprint density at radius 3 is 2.61 bits per heavy atom. The van der Waals surface area contributed by atoms with Crippen molar-refractivity contribution in [3.63, 3.8) is 0 Å². The van der Waals surface area contributed by atoms with Gasteiger partial charge in [0.1, 0.15) is 0 Å². The maximum atomic E-state index is 11.8. The molecule has 0 aliphatic heterocycles. The molecule has 1 aromatic carbocycles. The van der Waals surface area contributed by atoms with Crippen molar-refractivity contribution in [1.82, 2.24) is 4.90 Å². The number of hydrogen-bond acceptors (Lipinski definition) is 4. The van der Waals surface area contributed by atoms with Crippen LogP contribution in [0.5, 0.6) is 0 Å². The summed E-state index contributed by atoms with van der Waals surface area (Å²) in [6, 6.07) is 5.12. The molecule has 4 N–H and O–H groups in total. The fourth-order valence-electron chi connectivity index (χ4n) is 1.58. The molecule has 1 unspecified atom stereocenters. The standard InChI is InChI=1S/C13H21N3O2/c1-4-10(8-17)15-12-6-5-9(7-11(12)14)13(18)16(2)3/h5-7,10,15,17H,4,8,14H2,1-3H3. The summed E-state index contributed by atoms with van der Waals surface area (Å²) >= 11 is 0. The van der Waals surface area contributed by atoms with E-state index in [0.29, 0.717) is 11.3 Å². The minimum atomic E-state index is -0.0811. The number of carbonyl (C=O) groups is 1. The average Bonchev–Trinajstić information content (AvgIpc) is 2.36. The highest BCUT2D eigenvalue weighted by Crippen LogP contribution is 2.21. The predicted octanol–water partition coefficient (Wildman–Crippen LogP) is 1.15.